The molecule has 114 valence electrons. The number of ether oxygens (including phenoxy) is 2. The zero-order valence-corrected chi connectivity index (χ0v) is 13.3. The van der Waals surface area contributed by atoms with Gasteiger partial charge in [-0.3, -0.25) is 9.59 Å². The summed E-state index contributed by atoms with van der Waals surface area (Å²) < 4.78 is 10.3. The molecule has 0 heterocycles. The SMILES string of the molecule is CC(C)(C)OC(=O)CCCC(=O)OC(C)(C)C.CN. The number of carbonyl (C=O) groups excluding carboxylic acids is 2. The summed E-state index contributed by atoms with van der Waals surface area (Å²) in [5.74, 6) is -0.554. The van der Waals surface area contributed by atoms with E-state index in [1.54, 1.807) is 0 Å². The van der Waals surface area contributed by atoms with E-state index in [-0.39, 0.29) is 24.8 Å². The van der Waals surface area contributed by atoms with E-state index >= 15 is 0 Å². The second-order valence-electron chi connectivity index (χ2n) is 6.03. The molecule has 5 nitrogen and oxygen atoms in total. The monoisotopic (exact) mass is 275 g/mol. The minimum atomic E-state index is -0.469. The van der Waals surface area contributed by atoms with Crippen LogP contribution in [0, 0.1) is 0 Å². The van der Waals surface area contributed by atoms with Crippen LogP contribution in [0.15, 0.2) is 0 Å². The van der Waals surface area contributed by atoms with Crippen molar-refractivity contribution < 1.29 is 19.1 Å². The van der Waals surface area contributed by atoms with Crippen molar-refractivity contribution in [2.24, 2.45) is 5.73 Å². The Morgan fingerprint density at radius 3 is 1.26 bits per heavy atom. The first-order valence-electron chi connectivity index (χ1n) is 6.51. The largest absolute Gasteiger partial charge is 0.460 e. The Morgan fingerprint density at radius 1 is 0.789 bits per heavy atom. The molecule has 19 heavy (non-hydrogen) atoms. The van der Waals surface area contributed by atoms with Crippen LogP contribution in [0.3, 0.4) is 0 Å². The highest BCUT2D eigenvalue weighted by molar-refractivity contribution is 5.73. The summed E-state index contributed by atoms with van der Waals surface area (Å²) >= 11 is 0. The minimum absolute atomic E-state index is 0.247. The summed E-state index contributed by atoms with van der Waals surface area (Å²) in [5, 5.41) is 0. The number of carbonyl (C=O) groups is 2. The van der Waals surface area contributed by atoms with Crippen molar-refractivity contribution in [2.45, 2.75) is 72.0 Å². The number of esters is 2. The van der Waals surface area contributed by atoms with Gasteiger partial charge in [-0.1, -0.05) is 0 Å². The van der Waals surface area contributed by atoms with Gasteiger partial charge in [-0.05, 0) is 55.0 Å². The predicted molar refractivity (Wildman–Crippen MR) is 75.7 cm³/mol. The van der Waals surface area contributed by atoms with Crippen molar-refractivity contribution in [1.29, 1.82) is 0 Å². The fourth-order valence-corrected chi connectivity index (χ4v) is 1.16. The quantitative estimate of drug-likeness (QED) is 0.797. The van der Waals surface area contributed by atoms with Crippen molar-refractivity contribution in [3.63, 3.8) is 0 Å². The first kappa shape index (κ1) is 20.2. The molecule has 0 amide bonds. The molecular weight excluding hydrogens is 246 g/mol. The number of nitrogens with two attached hydrogens (primary N) is 1. The number of hydrogen-bond donors (Lipinski definition) is 1. The first-order chi connectivity index (χ1) is 8.49. The van der Waals surface area contributed by atoms with Crippen LogP contribution in [-0.4, -0.2) is 30.2 Å². The molecule has 0 aliphatic carbocycles. The van der Waals surface area contributed by atoms with Crippen LogP contribution in [0.5, 0.6) is 0 Å². The van der Waals surface area contributed by atoms with Crippen molar-refractivity contribution in [1.82, 2.24) is 0 Å². The molecule has 0 rings (SSSR count). The first-order valence-corrected chi connectivity index (χ1v) is 6.51. The average molecular weight is 275 g/mol. The van der Waals surface area contributed by atoms with E-state index in [1.807, 2.05) is 41.5 Å². The third kappa shape index (κ3) is 16.9. The lowest BCUT2D eigenvalue weighted by Gasteiger charge is -2.20. The third-order valence-corrected chi connectivity index (χ3v) is 1.60. The van der Waals surface area contributed by atoms with Gasteiger partial charge in [0.05, 0.1) is 0 Å². The molecular formula is C14H29NO4. The summed E-state index contributed by atoms with van der Waals surface area (Å²) in [5.41, 5.74) is 3.56. The van der Waals surface area contributed by atoms with Crippen LogP contribution >= 0.6 is 0 Å². The highest BCUT2D eigenvalue weighted by Gasteiger charge is 2.18. The van der Waals surface area contributed by atoms with E-state index in [0.29, 0.717) is 6.42 Å². The topological polar surface area (TPSA) is 78.6 Å². The van der Waals surface area contributed by atoms with E-state index in [2.05, 4.69) is 5.73 Å². The zero-order chi connectivity index (χ0) is 15.7. The lowest BCUT2D eigenvalue weighted by molar-refractivity contribution is -0.156. The Balaban J connectivity index is 0. The van der Waals surface area contributed by atoms with Gasteiger partial charge < -0.3 is 15.2 Å². The van der Waals surface area contributed by atoms with Crippen LogP contribution in [0.25, 0.3) is 0 Å². The van der Waals surface area contributed by atoms with Gasteiger partial charge in [0, 0.05) is 12.8 Å². The molecule has 0 bridgehead atoms. The van der Waals surface area contributed by atoms with Crippen LogP contribution in [0.4, 0.5) is 0 Å². The molecule has 0 saturated heterocycles. The fraction of sp³-hybridized carbons (Fsp3) is 0.857. The summed E-state index contributed by atoms with van der Waals surface area (Å²) in [4.78, 5) is 22.7. The van der Waals surface area contributed by atoms with Gasteiger partial charge in [0.1, 0.15) is 11.2 Å². The van der Waals surface area contributed by atoms with Gasteiger partial charge in [0.2, 0.25) is 0 Å². The standard InChI is InChI=1S/C13H24O4.CH5N/c1-12(2,3)16-10(14)8-7-9-11(15)17-13(4,5)6;1-2/h7-9H2,1-6H3;2H2,1H3. The summed E-state index contributed by atoms with van der Waals surface area (Å²) in [6.45, 7) is 10.9. The Hall–Kier alpha value is -1.10. The molecule has 0 aromatic carbocycles. The Bertz CT molecular complexity index is 246. The van der Waals surface area contributed by atoms with Crippen LogP contribution < -0.4 is 5.73 Å². The number of hydrogen-bond acceptors (Lipinski definition) is 5. The molecule has 0 spiro atoms. The Morgan fingerprint density at radius 2 is 1.05 bits per heavy atom. The van der Waals surface area contributed by atoms with Crippen molar-refractivity contribution in [3.05, 3.63) is 0 Å². The minimum Gasteiger partial charge on any atom is -0.460 e. The highest BCUT2D eigenvalue weighted by Crippen LogP contribution is 2.12. The van der Waals surface area contributed by atoms with Gasteiger partial charge >= 0.3 is 11.9 Å². The molecule has 0 unspecified atom stereocenters. The molecule has 0 radical (unpaired) electrons. The van der Waals surface area contributed by atoms with Crippen LogP contribution in [-0.2, 0) is 19.1 Å². The molecule has 0 aromatic heterocycles. The van der Waals surface area contributed by atoms with Gasteiger partial charge in [0.15, 0.2) is 0 Å². The van der Waals surface area contributed by atoms with E-state index in [9.17, 15) is 9.59 Å². The zero-order valence-electron chi connectivity index (χ0n) is 13.3. The lowest BCUT2D eigenvalue weighted by atomic mass is 10.1. The van der Waals surface area contributed by atoms with Crippen LogP contribution in [0.2, 0.25) is 0 Å². The van der Waals surface area contributed by atoms with Gasteiger partial charge in [-0.25, -0.2) is 0 Å². The van der Waals surface area contributed by atoms with Crippen molar-refractivity contribution in [2.75, 3.05) is 7.05 Å². The smallest absolute Gasteiger partial charge is 0.306 e. The summed E-state index contributed by atoms with van der Waals surface area (Å²) in [6.07, 6.45) is 0.955. The van der Waals surface area contributed by atoms with Gasteiger partial charge in [0.25, 0.3) is 0 Å². The Labute approximate surface area is 116 Å². The van der Waals surface area contributed by atoms with E-state index in [4.69, 9.17) is 9.47 Å². The maximum atomic E-state index is 11.4. The summed E-state index contributed by atoms with van der Waals surface area (Å²) in [7, 11) is 1.50. The molecule has 5 heteroatoms. The average Bonchev–Trinajstić information content (AvgIpc) is 2.14. The molecule has 0 saturated carbocycles. The maximum Gasteiger partial charge on any atom is 0.306 e. The van der Waals surface area contributed by atoms with Crippen LogP contribution in [0.1, 0.15) is 60.8 Å². The molecule has 0 fully saturated rings. The molecule has 0 aliphatic rings. The second-order valence-corrected chi connectivity index (χ2v) is 6.03. The number of rotatable bonds is 4. The maximum absolute atomic E-state index is 11.4. The van der Waals surface area contributed by atoms with E-state index in [0.717, 1.165) is 0 Å². The lowest BCUT2D eigenvalue weighted by Crippen LogP contribution is -2.25. The van der Waals surface area contributed by atoms with Crippen molar-refractivity contribution in [3.8, 4) is 0 Å². The normalized spacial score (nSPS) is 11.2. The molecule has 0 aliphatic heterocycles. The van der Waals surface area contributed by atoms with Gasteiger partial charge in [-0.15, -0.1) is 0 Å². The van der Waals surface area contributed by atoms with Gasteiger partial charge in [-0.2, -0.15) is 0 Å². The fourth-order valence-electron chi connectivity index (χ4n) is 1.16. The Kier molecular flexibility index (Phi) is 9.48. The van der Waals surface area contributed by atoms with E-state index < -0.39 is 11.2 Å². The van der Waals surface area contributed by atoms with Crippen molar-refractivity contribution >= 4 is 11.9 Å². The summed E-state index contributed by atoms with van der Waals surface area (Å²) in [6, 6.07) is 0. The second kappa shape index (κ2) is 8.91. The third-order valence-electron chi connectivity index (χ3n) is 1.60. The predicted octanol–water partition coefficient (Wildman–Crippen LogP) is 2.42. The molecule has 0 atom stereocenters. The molecule has 0 aromatic rings. The molecule has 2 N–H and O–H groups in total. The van der Waals surface area contributed by atoms with E-state index in [1.165, 1.54) is 7.05 Å². The highest BCUT2D eigenvalue weighted by atomic mass is 16.6.